The Balaban J connectivity index is 1.80. The summed E-state index contributed by atoms with van der Waals surface area (Å²) in [5.74, 6) is -0.139. The van der Waals surface area contributed by atoms with Crippen molar-refractivity contribution in [2.75, 3.05) is 5.32 Å². The Morgan fingerprint density at radius 3 is 2.52 bits per heavy atom. The summed E-state index contributed by atoms with van der Waals surface area (Å²) in [5.41, 5.74) is 2.71. The highest BCUT2D eigenvalue weighted by Gasteiger charge is 2.15. The van der Waals surface area contributed by atoms with Gasteiger partial charge in [-0.2, -0.15) is 4.98 Å². The molecule has 2 aromatic heterocycles. The highest BCUT2D eigenvalue weighted by molar-refractivity contribution is 5.72. The molecule has 0 amide bonds. The van der Waals surface area contributed by atoms with Gasteiger partial charge < -0.3 is 14.5 Å². The van der Waals surface area contributed by atoms with Crippen LogP contribution >= 0.6 is 0 Å². The smallest absolute Gasteiger partial charge is 0.277 e. The molecule has 2 heterocycles. The van der Waals surface area contributed by atoms with Gasteiger partial charge in [-0.05, 0) is 48.7 Å². The highest BCUT2D eigenvalue weighted by Crippen LogP contribution is 2.28. The van der Waals surface area contributed by atoms with Crippen LogP contribution in [0.25, 0.3) is 11.1 Å². The maximum atomic E-state index is 14.8. The number of nitrogens with one attached hydrogen (secondary N) is 1. The second-order valence-electron chi connectivity index (χ2n) is 7.97. The first kappa shape index (κ1) is 22.2. The van der Waals surface area contributed by atoms with Crippen molar-refractivity contribution in [2.24, 2.45) is 7.05 Å². The number of nitrogens with zero attached hydrogens (tertiary/aromatic N) is 3. The van der Waals surface area contributed by atoms with Crippen LogP contribution in [0.5, 0.6) is 0 Å². The van der Waals surface area contributed by atoms with E-state index in [0.717, 1.165) is 5.56 Å². The van der Waals surface area contributed by atoms with Crippen LogP contribution in [-0.2, 0) is 20.0 Å². The van der Waals surface area contributed by atoms with Gasteiger partial charge in [-0.15, -0.1) is 0 Å². The van der Waals surface area contributed by atoms with E-state index in [4.69, 9.17) is 0 Å². The minimum atomic E-state index is -0.489. The van der Waals surface area contributed by atoms with Gasteiger partial charge >= 0.3 is 0 Å². The van der Waals surface area contributed by atoms with E-state index in [1.165, 1.54) is 10.6 Å². The topological polar surface area (TPSA) is 68.9 Å². The maximum Gasteiger partial charge on any atom is 0.277 e. The molecular formula is C26H25FN4O2. The summed E-state index contributed by atoms with van der Waals surface area (Å²) in [6.07, 6.45) is 3.99. The number of anilines is 2. The molecule has 0 radical (unpaired) electrons. The molecule has 6 nitrogen and oxygen atoms in total. The third-order valence-corrected chi connectivity index (χ3v) is 5.62. The Morgan fingerprint density at radius 1 is 1.03 bits per heavy atom. The molecule has 0 unspecified atom stereocenters. The summed E-state index contributed by atoms with van der Waals surface area (Å²) >= 11 is 0. The van der Waals surface area contributed by atoms with E-state index in [9.17, 15) is 14.0 Å². The molecule has 0 saturated heterocycles. The summed E-state index contributed by atoms with van der Waals surface area (Å²) in [5, 5.41) is 3.20. The molecule has 1 N–H and O–H groups in total. The van der Waals surface area contributed by atoms with Crippen LogP contribution in [0.1, 0.15) is 23.6 Å². The van der Waals surface area contributed by atoms with Crippen LogP contribution in [0, 0.1) is 12.7 Å². The van der Waals surface area contributed by atoms with Gasteiger partial charge in [-0.1, -0.05) is 37.3 Å². The van der Waals surface area contributed by atoms with E-state index in [1.54, 1.807) is 44.6 Å². The fraction of sp³-hybridized carbons (Fsp3) is 0.192. The van der Waals surface area contributed by atoms with Gasteiger partial charge in [-0.25, -0.2) is 4.39 Å². The number of hydrogen-bond acceptors (Lipinski definition) is 4. The van der Waals surface area contributed by atoms with Gasteiger partial charge in [0.2, 0.25) is 5.95 Å². The summed E-state index contributed by atoms with van der Waals surface area (Å²) in [4.78, 5) is 29.3. The normalized spacial score (nSPS) is 10.9. The van der Waals surface area contributed by atoms with Crippen molar-refractivity contribution in [2.45, 2.75) is 26.8 Å². The number of pyridine rings is 1. The lowest BCUT2D eigenvalue weighted by Crippen LogP contribution is -2.21. The van der Waals surface area contributed by atoms with Crippen LogP contribution < -0.4 is 16.4 Å². The Bertz CT molecular complexity index is 1420. The highest BCUT2D eigenvalue weighted by atomic mass is 19.1. The Kier molecular flexibility index (Phi) is 6.22. The first-order valence-electron chi connectivity index (χ1n) is 10.7. The van der Waals surface area contributed by atoms with Crippen molar-refractivity contribution in [1.29, 1.82) is 0 Å². The minimum Gasteiger partial charge on any atom is -0.325 e. The molecule has 0 spiro atoms. The van der Waals surface area contributed by atoms with E-state index in [0.29, 0.717) is 35.7 Å². The third-order valence-electron chi connectivity index (χ3n) is 5.62. The van der Waals surface area contributed by atoms with Gasteiger partial charge in [-0.3, -0.25) is 9.59 Å². The second-order valence-corrected chi connectivity index (χ2v) is 7.97. The number of aryl methyl sites for hydroxylation is 3. The van der Waals surface area contributed by atoms with Crippen molar-refractivity contribution < 1.29 is 4.39 Å². The number of rotatable bonds is 6. The van der Waals surface area contributed by atoms with Crippen molar-refractivity contribution in [3.63, 3.8) is 0 Å². The molecule has 0 aliphatic carbocycles. The first-order valence-corrected chi connectivity index (χ1v) is 10.7. The molecule has 4 aromatic rings. The number of aromatic nitrogens is 3. The average molecular weight is 445 g/mol. The number of hydrogen-bond donors (Lipinski definition) is 1. The fourth-order valence-electron chi connectivity index (χ4n) is 3.72. The summed E-state index contributed by atoms with van der Waals surface area (Å²) < 4.78 is 18.1. The predicted molar refractivity (Wildman–Crippen MR) is 129 cm³/mol. The lowest BCUT2D eigenvalue weighted by molar-refractivity contribution is 0.629. The van der Waals surface area contributed by atoms with Gasteiger partial charge in [0.25, 0.3) is 11.1 Å². The molecule has 7 heteroatoms. The van der Waals surface area contributed by atoms with Crippen molar-refractivity contribution in [1.82, 2.24) is 14.1 Å². The van der Waals surface area contributed by atoms with Crippen LogP contribution in [0.15, 0.2) is 76.6 Å². The van der Waals surface area contributed by atoms with Crippen LogP contribution in [0.4, 0.5) is 16.0 Å². The molecule has 168 valence electrons. The maximum absolute atomic E-state index is 14.8. The monoisotopic (exact) mass is 444 g/mol. The predicted octanol–water partition coefficient (Wildman–Crippen LogP) is 4.41. The molecule has 0 atom stereocenters. The quantitative estimate of drug-likeness (QED) is 0.478. The second kappa shape index (κ2) is 9.24. The van der Waals surface area contributed by atoms with Crippen molar-refractivity contribution in [3.05, 3.63) is 110 Å². The zero-order valence-electron chi connectivity index (χ0n) is 18.8. The van der Waals surface area contributed by atoms with Crippen molar-refractivity contribution >= 4 is 11.6 Å². The molecule has 4 rings (SSSR count). The minimum absolute atomic E-state index is 0.187. The van der Waals surface area contributed by atoms with E-state index in [2.05, 4.69) is 10.3 Å². The molecule has 33 heavy (non-hydrogen) atoms. The largest absolute Gasteiger partial charge is 0.325 e. The Labute approximate surface area is 191 Å². The standard InChI is InChI=1S/C26H25FN4O2/c1-4-19-16-31(15-18-9-6-5-7-10-18)26(29-24(19)32)28-23-14-21(22(27)13-17(23)2)20-11-8-12-30(3)25(20)33/h5-14,16H,4,15H2,1-3H3,(H,28,29,32). The first-order chi connectivity index (χ1) is 15.9. The lowest BCUT2D eigenvalue weighted by atomic mass is 10.0. The van der Waals surface area contributed by atoms with Crippen molar-refractivity contribution in [3.8, 4) is 11.1 Å². The lowest BCUT2D eigenvalue weighted by Gasteiger charge is -2.17. The molecular weight excluding hydrogens is 419 g/mol. The fourth-order valence-corrected chi connectivity index (χ4v) is 3.72. The van der Waals surface area contributed by atoms with Crippen LogP contribution in [-0.4, -0.2) is 14.1 Å². The zero-order chi connectivity index (χ0) is 23.5. The molecule has 0 fully saturated rings. The van der Waals surface area contributed by atoms with E-state index in [-0.39, 0.29) is 22.2 Å². The van der Waals surface area contributed by atoms with E-state index < -0.39 is 5.82 Å². The Hall–Kier alpha value is -4.00. The SMILES string of the molecule is CCc1cn(Cc2ccccc2)c(Nc2cc(-c3cccn(C)c3=O)c(F)cc2C)nc1=O. The van der Waals surface area contributed by atoms with E-state index >= 15 is 0 Å². The third kappa shape index (κ3) is 4.62. The summed E-state index contributed by atoms with van der Waals surface area (Å²) in [6.45, 7) is 4.18. The van der Waals surface area contributed by atoms with Gasteiger partial charge in [0.1, 0.15) is 5.82 Å². The Morgan fingerprint density at radius 2 is 1.79 bits per heavy atom. The molecule has 2 aromatic carbocycles. The van der Waals surface area contributed by atoms with Crippen LogP contribution in [0.3, 0.4) is 0 Å². The van der Waals surface area contributed by atoms with Gasteiger partial charge in [0.15, 0.2) is 0 Å². The number of benzene rings is 2. The average Bonchev–Trinajstić information content (AvgIpc) is 2.80. The molecule has 0 saturated carbocycles. The number of halogens is 1. The molecule has 0 aliphatic heterocycles. The zero-order valence-corrected chi connectivity index (χ0v) is 18.8. The summed E-state index contributed by atoms with van der Waals surface area (Å²) in [7, 11) is 1.62. The van der Waals surface area contributed by atoms with Crippen LogP contribution in [0.2, 0.25) is 0 Å². The summed E-state index contributed by atoms with van der Waals surface area (Å²) in [6, 6.07) is 16.1. The van der Waals surface area contributed by atoms with Gasteiger partial charge in [0, 0.05) is 36.3 Å². The molecule has 0 aliphatic rings. The van der Waals surface area contributed by atoms with Gasteiger partial charge in [0.05, 0.1) is 12.1 Å². The molecule has 0 bridgehead atoms. The van der Waals surface area contributed by atoms with E-state index in [1.807, 2.05) is 41.8 Å².